The molecule has 0 radical (unpaired) electrons. The molecule has 0 atom stereocenters. The maximum atomic E-state index is 5.42. The van der Waals surface area contributed by atoms with Gasteiger partial charge in [-0.25, -0.2) is 4.99 Å². The minimum absolute atomic E-state index is 0.420. The van der Waals surface area contributed by atoms with Crippen LogP contribution in [0.5, 0.6) is 0 Å². The van der Waals surface area contributed by atoms with Crippen molar-refractivity contribution in [1.82, 2.24) is 15.5 Å². The number of guanidine groups is 1. The number of hydrogen-bond acceptors (Lipinski definition) is 4. The monoisotopic (exact) mass is 406 g/mol. The normalized spacial score (nSPS) is 15.9. The summed E-state index contributed by atoms with van der Waals surface area (Å²) in [5, 5.41) is 7.07. The molecule has 1 aliphatic rings. The second-order valence-electron chi connectivity index (χ2n) is 7.68. The minimum Gasteiger partial charge on any atom is -0.469 e. The molecule has 0 amide bonds. The lowest BCUT2D eigenvalue weighted by Gasteiger charge is -2.33. The van der Waals surface area contributed by atoms with Crippen molar-refractivity contribution in [3.05, 3.63) is 84.2 Å². The van der Waals surface area contributed by atoms with Crippen LogP contribution in [0, 0.1) is 0 Å². The van der Waals surface area contributed by atoms with Crippen LogP contribution in [0.1, 0.15) is 29.9 Å². The number of likely N-dealkylation sites (tertiary alicyclic amines) is 1. The summed E-state index contributed by atoms with van der Waals surface area (Å²) < 4.78 is 10.8. The Labute approximate surface area is 178 Å². The third-order valence-corrected chi connectivity index (χ3v) is 5.39. The molecule has 2 N–H and O–H groups in total. The SMILES string of the molecule is c1ccc(CN2CCC(NC(=NCc3ccco3)NCCc3ccco3)CC2)cc1. The second kappa shape index (κ2) is 10.7. The second-order valence-corrected chi connectivity index (χ2v) is 7.68. The molecule has 3 heterocycles. The van der Waals surface area contributed by atoms with Crippen LogP contribution in [0.15, 0.2) is 81.0 Å². The maximum absolute atomic E-state index is 5.42. The molecule has 1 fully saturated rings. The van der Waals surface area contributed by atoms with Gasteiger partial charge in [0.25, 0.3) is 0 Å². The minimum atomic E-state index is 0.420. The van der Waals surface area contributed by atoms with E-state index in [0.29, 0.717) is 12.6 Å². The standard InChI is InChI=1S/C24H30N4O2/c1-2-6-20(7-3-1)19-28-14-11-21(12-15-28)27-24(26-18-23-9-5-17-30-23)25-13-10-22-8-4-16-29-22/h1-9,16-17,21H,10-15,18-19H2,(H2,25,26,27). The summed E-state index contributed by atoms with van der Waals surface area (Å²) in [5.74, 6) is 2.67. The Morgan fingerprint density at radius 3 is 2.37 bits per heavy atom. The first-order valence-corrected chi connectivity index (χ1v) is 10.7. The highest BCUT2D eigenvalue weighted by atomic mass is 16.3. The van der Waals surface area contributed by atoms with Gasteiger partial charge in [0.2, 0.25) is 0 Å². The van der Waals surface area contributed by atoms with E-state index in [9.17, 15) is 0 Å². The first kappa shape index (κ1) is 20.3. The van der Waals surface area contributed by atoms with Gasteiger partial charge in [0.15, 0.2) is 5.96 Å². The Kier molecular flexibility index (Phi) is 7.23. The van der Waals surface area contributed by atoms with Crippen molar-refractivity contribution in [2.24, 2.45) is 4.99 Å². The zero-order valence-corrected chi connectivity index (χ0v) is 17.3. The van der Waals surface area contributed by atoms with Gasteiger partial charge in [-0.05, 0) is 42.7 Å². The lowest BCUT2D eigenvalue weighted by Crippen LogP contribution is -2.48. The summed E-state index contributed by atoms with van der Waals surface area (Å²) in [4.78, 5) is 7.25. The fourth-order valence-electron chi connectivity index (χ4n) is 3.74. The van der Waals surface area contributed by atoms with Crippen LogP contribution in [0.2, 0.25) is 0 Å². The smallest absolute Gasteiger partial charge is 0.191 e. The number of furan rings is 2. The summed E-state index contributed by atoms with van der Waals surface area (Å²) in [6.45, 7) is 4.49. The molecule has 30 heavy (non-hydrogen) atoms. The Morgan fingerprint density at radius 1 is 0.933 bits per heavy atom. The highest BCUT2D eigenvalue weighted by Crippen LogP contribution is 2.14. The van der Waals surface area contributed by atoms with Crippen molar-refractivity contribution in [3.8, 4) is 0 Å². The average Bonchev–Trinajstić information content (AvgIpc) is 3.48. The largest absolute Gasteiger partial charge is 0.469 e. The van der Waals surface area contributed by atoms with Gasteiger partial charge in [-0.2, -0.15) is 0 Å². The van der Waals surface area contributed by atoms with Crippen LogP contribution >= 0.6 is 0 Å². The number of nitrogens with zero attached hydrogens (tertiary/aromatic N) is 2. The molecule has 3 aromatic rings. The topological polar surface area (TPSA) is 65.9 Å². The van der Waals surface area contributed by atoms with E-state index < -0.39 is 0 Å². The Balaban J connectivity index is 1.27. The van der Waals surface area contributed by atoms with Gasteiger partial charge in [-0.3, -0.25) is 4.90 Å². The molecule has 1 saturated heterocycles. The molecule has 0 saturated carbocycles. The lowest BCUT2D eigenvalue weighted by molar-refractivity contribution is 0.198. The van der Waals surface area contributed by atoms with Gasteiger partial charge < -0.3 is 19.5 Å². The van der Waals surface area contributed by atoms with Crippen LogP contribution < -0.4 is 10.6 Å². The predicted octanol–water partition coefficient (Wildman–Crippen LogP) is 3.82. The van der Waals surface area contributed by atoms with Crippen molar-refractivity contribution in [2.45, 2.75) is 38.4 Å². The van der Waals surface area contributed by atoms with Crippen LogP contribution in [-0.2, 0) is 19.5 Å². The van der Waals surface area contributed by atoms with Gasteiger partial charge in [0.05, 0.1) is 12.5 Å². The third-order valence-electron chi connectivity index (χ3n) is 5.39. The van der Waals surface area contributed by atoms with Crippen molar-refractivity contribution in [1.29, 1.82) is 0 Å². The van der Waals surface area contributed by atoms with Gasteiger partial charge in [-0.15, -0.1) is 0 Å². The molecule has 0 spiro atoms. The average molecular weight is 407 g/mol. The van der Waals surface area contributed by atoms with E-state index in [1.54, 1.807) is 12.5 Å². The summed E-state index contributed by atoms with van der Waals surface area (Å²) >= 11 is 0. The zero-order valence-electron chi connectivity index (χ0n) is 17.3. The van der Waals surface area contributed by atoms with Crippen LogP contribution in [0.3, 0.4) is 0 Å². The summed E-state index contributed by atoms with van der Waals surface area (Å²) in [6, 6.07) is 18.9. The van der Waals surface area contributed by atoms with Crippen molar-refractivity contribution in [3.63, 3.8) is 0 Å². The quantitative estimate of drug-likeness (QED) is 0.440. The highest BCUT2D eigenvalue weighted by Gasteiger charge is 2.20. The highest BCUT2D eigenvalue weighted by molar-refractivity contribution is 5.80. The molecular weight excluding hydrogens is 376 g/mol. The molecule has 6 nitrogen and oxygen atoms in total. The molecular formula is C24H30N4O2. The number of aliphatic imine (C=N–C) groups is 1. The van der Waals surface area contributed by atoms with E-state index >= 15 is 0 Å². The molecule has 4 rings (SSSR count). The third kappa shape index (κ3) is 6.26. The van der Waals surface area contributed by atoms with Gasteiger partial charge >= 0.3 is 0 Å². The maximum Gasteiger partial charge on any atom is 0.191 e. The molecule has 0 unspecified atom stereocenters. The van der Waals surface area contributed by atoms with Gasteiger partial charge in [0.1, 0.15) is 18.1 Å². The summed E-state index contributed by atoms with van der Waals surface area (Å²) in [7, 11) is 0. The molecule has 1 aromatic carbocycles. The molecule has 2 aromatic heterocycles. The van der Waals surface area contributed by atoms with E-state index in [2.05, 4.69) is 45.9 Å². The number of hydrogen-bond donors (Lipinski definition) is 2. The number of rotatable bonds is 8. The van der Waals surface area contributed by atoms with Crippen molar-refractivity contribution in [2.75, 3.05) is 19.6 Å². The molecule has 6 heteroatoms. The summed E-state index contributed by atoms with van der Waals surface area (Å²) in [5.41, 5.74) is 1.38. The van der Waals surface area contributed by atoms with E-state index in [4.69, 9.17) is 13.8 Å². The first-order valence-electron chi connectivity index (χ1n) is 10.7. The Morgan fingerprint density at radius 2 is 1.67 bits per heavy atom. The van der Waals surface area contributed by atoms with Crippen molar-refractivity contribution >= 4 is 5.96 Å². The van der Waals surface area contributed by atoms with Crippen LogP contribution in [0.4, 0.5) is 0 Å². The fourth-order valence-corrected chi connectivity index (χ4v) is 3.74. The number of piperidine rings is 1. The Hall–Kier alpha value is -2.99. The molecule has 158 valence electrons. The van der Waals surface area contributed by atoms with E-state index in [0.717, 1.165) is 62.9 Å². The van der Waals surface area contributed by atoms with Gasteiger partial charge in [-0.1, -0.05) is 30.3 Å². The van der Waals surface area contributed by atoms with Crippen LogP contribution in [0.25, 0.3) is 0 Å². The Bertz CT molecular complexity index is 867. The van der Waals surface area contributed by atoms with E-state index in [1.807, 2.05) is 24.3 Å². The van der Waals surface area contributed by atoms with E-state index in [-0.39, 0.29) is 0 Å². The lowest BCUT2D eigenvalue weighted by atomic mass is 10.0. The molecule has 1 aliphatic heterocycles. The molecule has 0 aliphatic carbocycles. The predicted molar refractivity (Wildman–Crippen MR) is 118 cm³/mol. The number of nitrogens with one attached hydrogen (secondary N) is 2. The number of benzene rings is 1. The molecule has 0 bridgehead atoms. The van der Waals surface area contributed by atoms with Crippen LogP contribution in [-0.4, -0.2) is 36.5 Å². The van der Waals surface area contributed by atoms with Gasteiger partial charge in [0, 0.05) is 38.6 Å². The van der Waals surface area contributed by atoms with Crippen molar-refractivity contribution < 1.29 is 8.83 Å². The summed E-state index contributed by atoms with van der Waals surface area (Å²) in [6.07, 6.45) is 6.43. The fraction of sp³-hybridized carbons (Fsp3) is 0.375. The van der Waals surface area contributed by atoms with E-state index in [1.165, 1.54) is 5.56 Å². The zero-order chi connectivity index (χ0) is 20.4. The first-order chi connectivity index (χ1) is 14.8.